The average molecular weight is 222 g/mol. The van der Waals surface area contributed by atoms with Crippen LogP contribution in [-0.4, -0.2) is 4.29 Å². The maximum absolute atomic E-state index is 8.67. The Labute approximate surface area is 56.3 Å². The van der Waals surface area contributed by atoms with Gasteiger partial charge >= 0.3 is 18.6 Å². The third-order valence-corrected chi connectivity index (χ3v) is 0. The zero-order valence-electron chi connectivity index (χ0n) is 2.31. The topological polar surface area (TPSA) is 50.6 Å². The van der Waals surface area contributed by atoms with Gasteiger partial charge in [-0.25, -0.2) is 0 Å². The van der Waals surface area contributed by atoms with E-state index >= 15 is 0 Å². The van der Waals surface area contributed by atoms with E-state index in [0.717, 1.165) is 0 Å². The van der Waals surface area contributed by atoms with Gasteiger partial charge in [0.25, 0.3) is 0 Å². The molecule has 2 nitrogen and oxygen atoms in total. The predicted molar refractivity (Wildman–Crippen MR) is 25.0 cm³/mol. The Kier molecular flexibility index (Phi) is 68.2. The molecule has 29 valence electrons. The van der Waals surface area contributed by atoms with Crippen molar-refractivity contribution >= 4 is 26.9 Å². The number of hydrogen-bond donors (Lipinski definition) is 0. The molecule has 2 N–H and O–H groups in total. The Morgan fingerprint density at radius 2 is 1.60 bits per heavy atom. The molecule has 0 saturated carbocycles. The zero-order chi connectivity index (χ0) is 2.71. The molecule has 5 heavy (non-hydrogen) atoms. The Bertz CT molecular complexity index is 19.1. The molecule has 0 aromatic heterocycles. The van der Waals surface area contributed by atoms with Crippen molar-refractivity contribution in [2.45, 2.75) is 0 Å². The minimum atomic E-state index is 0. The number of rotatable bonds is 0. The third-order valence-electron chi connectivity index (χ3n) is 0. The van der Waals surface area contributed by atoms with Crippen LogP contribution < -0.4 is 0 Å². The Morgan fingerprint density at radius 1 is 1.60 bits per heavy atom. The second kappa shape index (κ2) is 20.3. The number of carbonyl (C=O) groups excluding carboxylic acids is 1. The van der Waals surface area contributed by atoms with Crippen LogP contribution in [0.25, 0.3) is 6.15 Å². The summed E-state index contributed by atoms with van der Waals surface area (Å²) in [6.45, 7) is 0. The standard InChI is InChI=1S/CIO.H2N.V/c2-1-3;;/h;1H2;/q2*-1;+2. The van der Waals surface area contributed by atoms with Crippen molar-refractivity contribution in [1.82, 2.24) is 0 Å². The molecule has 1 radical (unpaired) electrons. The summed E-state index contributed by atoms with van der Waals surface area (Å²) in [7, 11) is 0. The first-order valence-corrected chi connectivity index (χ1v) is 1.47. The first-order valence-electron chi connectivity index (χ1n) is 0.393. The van der Waals surface area contributed by atoms with Gasteiger partial charge < -0.3 is 10.9 Å². The first-order chi connectivity index (χ1) is 1.41. The fraction of sp³-hybridized carbons (Fsp3) is 0. The average Bonchev–Trinajstić information content (AvgIpc) is 0.918. The van der Waals surface area contributed by atoms with Crippen LogP contribution in [0, 0.1) is 0 Å². The van der Waals surface area contributed by atoms with Gasteiger partial charge in [0.15, 0.2) is 0 Å². The van der Waals surface area contributed by atoms with Gasteiger partial charge in [-0.15, -0.1) is 0 Å². The molecule has 0 saturated heterocycles. The molecule has 0 aliphatic carbocycles. The molecule has 0 amide bonds. The molecule has 0 bridgehead atoms. The molecule has 0 unspecified atom stereocenters. The van der Waals surface area contributed by atoms with Crippen LogP contribution in [0.4, 0.5) is 0 Å². The maximum atomic E-state index is 8.67. The van der Waals surface area contributed by atoms with Gasteiger partial charge in [-0.3, -0.25) is 22.6 Å². The van der Waals surface area contributed by atoms with E-state index in [1.807, 2.05) is 0 Å². The van der Waals surface area contributed by atoms with Crippen molar-refractivity contribution in [1.29, 1.82) is 0 Å². The van der Waals surface area contributed by atoms with Crippen LogP contribution in [0.2, 0.25) is 0 Å². The van der Waals surface area contributed by atoms with Crippen LogP contribution in [0.5, 0.6) is 0 Å². The molecule has 0 aromatic rings. The SMILES string of the molecule is O=[C-]I.[NH2-].[V+2]. The summed E-state index contributed by atoms with van der Waals surface area (Å²) in [5.41, 5.74) is 0. The Hall–Kier alpha value is 0.944. The molecule has 4 heteroatoms. The quantitative estimate of drug-likeness (QED) is 0.345. The van der Waals surface area contributed by atoms with Crippen molar-refractivity contribution in [3.63, 3.8) is 0 Å². The molecular formula is CH2INOV. The first kappa shape index (κ1) is 16.8. The maximum Gasteiger partial charge on any atom is 2.00 e. The van der Waals surface area contributed by atoms with Crippen LogP contribution in [0.15, 0.2) is 0 Å². The van der Waals surface area contributed by atoms with Gasteiger partial charge in [-0.1, -0.05) is 0 Å². The van der Waals surface area contributed by atoms with E-state index in [2.05, 4.69) is 0 Å². The second-order valence-electron chi connectivity index (χ2n) is 0.0772. The third kappa shape index (κ3) is 48.1. The molecule has 0 aliphatic rings. The predicted octanol–water partition coefficient (Wildman–Crippen LogP) is 1.20. The van der Waals surface area contributed by atoms with E-state index in [4.69, 9.17) is 4.79 Å². The second-order valence-corrected chi connectivity index (χ2v) is 0.518. The van der Waals surface area contributed by atoms with Crippen LogP contribution >= 0.6 is 22.6 Å². The summed E-state index contributed by atoms with van der Waals surface area (Å²) in [4.78, 5) is 8.67. The molecule has 0 aromatic carbocycles. The molecule has 0 fully saturated rings. The van der Waals surface area contributed by atoms with Gasteiger partial charge in [0.1, 0.15) is 0 Å². The molecule has 0 spiro atoms. The summed E-state index contributed by atoms with van der Waals surface area (Å²) in [5.74, 6) is 0. The van der Waals surface area contributed by atoms with Crippen molar-refractivity contribution in [3.8, 4) is 0 Å². The van der Waals surface area contributed by atoms with E-state index in [1.54, 1.807) is 0 Å². The van der Waals surface area contributed by atoms with Crippen LogP contribution in [-0.2, 0) is 23.4 Å². The van der Waals surface area contributed by atoms with E-state index in [1.165, 1.54) is 26.9 Å². The molecule has 0 rings (SSSR count). The number of hydrogen-bond acceptors (Lipinski definition) is 1. The van der Waals surface area contributed by atoms with Gasteiger partial charge in [-0.2, -0.15) is 4.29 Å². The molecular weight excluding hydrogens is 220 g/mol. The van der Waals surface area contributed by atoms with E-state index < -0.39 is 0 Å². The van der Waals surface area contributed by atoms with Crippen molar-refractivity contribution in [2.24, 2.45) is 0 Å². The fourth-order valence-corrected chi connectivity index (χ4v) is 0. The summed E-state index contributed by atoms with van der Waals surface area (Å²) in [6, 6.07) is 0. The number of nitrogens with two attached hydrogens (primary N) is 1. The van der Waals surface area contributed by atoms with Gasteiger partial charge in [-0.05, 0) is 0 Å². The van der Waals surface area contributed by atoms with Gasteiger partial charge in [0.2, 0.25) is 0 Å². The zero-order valence-corrected chi connectivity index (χ0v) is 5.86. The van der Waals surface area contributed by atoms with Crippen LogP contribution in [0.3, 0.4) is 0 Å². The molecule has 0 aliphatic heterocycles. The largest absolute Gasteiger partial charge is 2.00 e. The van der Waals surface area contributed by atoms with Crippen molar-refractivity contribution in [3.05, 3.63) is 6.15 Å². The Morgan fingerprint density at radius 3 is 1.60 bits per heavy atom. The minimum Gasteiger partial charge on any atom is -0.693 e. The van der Waals surface area contributed by atoms with Crippen molar-refractivity contribution < 1.29 is 23.4 Å². The number of halogens is 1. The smallest absolute Gasteiger partial charge is 0.693 e. The molecule has 0 atom stereocenters. The summed E-state index contributed by atoms with van der Waals surface area (Å²) < 4.78 is 1.47. The van der Waals surface area contributed by atoms with E-state index in [9.17, 15) is 0 Å². The monoisotopic (exact) mass is 222 g/mol. The van der Waals surface area contributed by atoms with Crippen LogP contribution in [0.1, 0.15) is 0 Å². The van der Waals surface area contributed by atoms with Gasteiger partial charge in [0, 0.05) is 0 Å². The fourth-order valence-electron chi connectivity index (χ4n) is 0. The normalized spacial score (nSPS) is 2.60. The summed E-state index contributed by atoms with van der Waals surface area (Å²) in [6.07, 6.45) is 0. The summed E-state index contributed by atoms with van der Waals surface area (Å²) in [5, 5.41) is 0. The van der Waals surface area contributed by atoms with Crippen molar-refractivity contribution in [2.75, 3.05) is 0 Å². The van der Waals surface area contributed by atoms with Gasteiger partial charge in [0.05, 0.1) is 0 Å². The summed E-state index contributed by atoms with van der Waals surface area (Å²) >= 11 is 1.48. The minimum absolute atomic E-state index is 0. The van der Waals surface area contributed by atoms with E-state index in [0.29, 0.717) is 0 Å². The van der Waals surface area contributed by atoms with E-state index in [-0.39, 0.29) is 24.7 Å². The Balaban J connectivity index is -0.0000000200. The molecule has 0 heterocycles.